The molecule has 0 amide bonds. The van der Waals surface area contributed by atoms with Gasteiger partial charge in [-0.1, -0.05) is 0 Å². The number of anilines is 1. The van der Waals surface area contributed by atoms with E-state index in [4.69, 9.17) is 10.5 Å². The first-order valence-electron chi connectivity index (χ1n) is 6.90. The van der Waals surface area contributed by atoms with Gasteiger partial charge in [0.15, 0.2) is 11.6 Å². The maximum Gasteiger partial charge on any atom is 0.167 e. The Labute approximate surface area is 114 Å². The number of hydrogen-bond acceptors (Lipinski definition) is 3. The van der Waals surface area contributed by atoms with Crippen LogP contribution in [0.2, 0.25) is 0 Å². The number of ether oxygens (including phenoxy) is 1. The lowest BCUT2D eigenvalue weighted by molar-refractivity contribution is 0.330. The molecule has 0 aromatic heterocycles. The van der Waals surface area contributed by atoms with Crippen molar-refractivity contribution < 1.29 is 9.13 Å². The van der Waals surface area contributed by atoms with Crippen molar-refractivity contribution in [2.45, 2.75) is 31.7 Å². The second kappa shape index (κ2) is 6.24. The number of benzene rings is 1. The number of methoxy groups -OCH3 is 1. The molecule has 0 heterocycles. The molecule has 0 unspecified atom stereocenters. The van der Waals surface area contributed by atoms with Gasteiger partial charge in [-0.05, 0) is 43.7 Å². The third-order valence-corrected chi connectivity index (χ3v) is 4.00. The Morgan fingerprint density at radius 1 is 1.32 bits per heavy atom. The number of rotatable bonds is 4. The average Bonchev–Trinajstić information content (AvgIpc) is 2.41. The highest BCUT2D eigenvalue weighted by Gasteiger charge is 2.20. The van der Waals surface area contributed by atoms with E-state index in [1.165, 1.54) is 26.0 Å². The Kier molecular flexibility index (Phi) is 4.64. The lowest BCUT2D eigenvalue weighted by Gasteiger charge is -2.30. The van der Waals surface area contributed by atoms with Gasteiger partial charge in [-0.15, -0.1) is 0 Å². The fourth-order valence-electron chi connectivity index (χ4n) is 2.76. The largest absolute Gasteiger partial charge is 0.494 e. The van der Waals surface area contributed by atoms with Gasteiger partial charge in [-0.25, -0.2) is 4.39 Å². The summed E-state index contributed by atoms with van der Waals surface area (Å²) in [5.74, 6) is 0.647. The van der Waals surface area contributed by atoms with Crippen LogP contribution in [0.3, 0.4) is 0 Å². The standard InChI is InChI=1S/C15H23FN2O/c1-18(10-11-3-5-12(17)6-4-11)13-7-8-15(19-2)14(16)9-13/h7-9,11-12H,3-6,10,17H2,1-2H3. The van der Waals surface area contributed by atoms with Crippen LogP contribution < -0.4 is 15.4 Å². The highest BCUT2D eigenvalue weighted by Crippen LogP contribution is 2.27. The van der Waals surface area contributed by atoms with Gasteiger partial charge >= 0.3 is 0 Å². The minimum absolute atomic E-state index is 0.292. The van der Waals surface area contributed by atoms with Crippen molar-refractivity contribution in [1.82, 2.24) is 0 Å². The molecule has 2 rings (SSSR count). The first kappa shape index (κ1) is 14.1. The van der Waals surface area contributed by atoms with Gasteiger partial charge in [-0.3, -0.25) is 0 Å². The monoisotopic (exact) mass is 266 g/mol. The van der Waals surface area contributed by atoms with Crippen LogP contribution in [0, 0.1) is 11.7 Å². The molecule has 19 heavy (non-hydrogen) atoms. The summed E-state index contributed by atoms with van der Waals surface area (Å²) < 4.78 is 18.6. The van der Waals surface area contributed by atoms with Gasteiger partial charge in [-0.2, -0.15) is 0 Å². The topological polar surface area (TPSA) is 38.5 Å². The van der Waals surface area contributed by atoms with E-state index in [1.54, 1.807) is 6.07 Å². The summed E-state index contributed by atoms with van der Waals surface area (Å²) in [4.78, 5) is 2.12. The summed E-state index contributed by atoms with van der Waals surface area (Å²) >= 11 is 0. The zero-order valence-electron chi connectivity index (χ0n) is 11.7. The molecule has 4 heteroatoms. The quantitative estimate of drug-likeness (QED) is 0.910. The molecule has 0 aliphatic heterocycles. The zero-order valence-corrected chi connectivity index (χ0v) is 11.7. The Hall–Kier alpha value is -1.29. The summed E-state index contributed by atoms with van der Waals surface area (Å²) in [7, 11) is 3.49. The number of nitrogens with zero attached hydrogens (tertiary/aromatic N) is 1. The van der Waals surface area contributed by atoms with Gasteiger partial charge < -0.3 is 15.4 Å². The van der Waals surface area contributed by atoms with E-state index in [2.05, 4.69) is 4.90 Å². The van der Waals surface area contributed by atoms with Crippen LogP contribution in [0.15, 0.2) is 18.2 Å². The Morgan fingerprint density at radius 3 is 2.58 bits per heavy atom. The van der Waals surface area contributed by atoms with Gasteiger partial charge in [0.1, 0.15) is 0 Å². The molecule has 1 aliphatic rings. The van der Waals surface area contributed by atoms with Crippen LogP contribution in [0.1, 0.15) is 25.7 Å². The summed E-state index contributed by atoms with van der Waals surface area (Å²) in [6.45, 7) is 0.957. The Balaban J connectivity index is 1.96. The smallest absolute Gasteiger partial charge is 0.167 e. The molecule has 1 fully saturated rings. The van der Waals surface area contributed by atoms with Crippen molar-refractivity contribution in [2.24, 2.45) is 11.7 Å². The summed E-state index contributed by atoms with van der Waals surface area (Å²) in [6.07, 6.45) is 4.55. The molecule has 1 aromatic carbocycles. The molecule has 106 valence electrons. The number of hydrogen-bond donors (Lipinski definition) is 1. The predicted molar refractivity (Wildman–Crippen MR) is 76.2 cm³/mol. The van der Waals surface area contributed by atoms with Crippen LogP contribution in [-0.4, -0.2) is 26.7 Å². The van der Waals surface area contributed by atoms with E-state index in [9.17, 15) is 4.39 Å². The Bertz CT molecular complexity index is 417. The van der Waals surface area contributed by atoms with Crippen molar-refractivity contribution in [1.29, 1.82) is 0 Å². The van der Waals surface area contributed by atoms with E-state index < -0.39 is 0 Å². The average molecular weight is 266 g/mol. The zero-order chi connectivity index (χ0) is 13.8. The van der Waals surface area contributed by atoms with Crippen LogP contribution in [0.4, 0.5) is 10.1 Å². The first-order chi connectivity index (χ1) is 9.10. The SMILES string of the molecule is COc1ccc(N(C)CC2CCC(N)CC2)cc1F. The fraction of sp³-hybridized carbons (Fsp3) is 0.600. The molecule has 2 N–H and O–H groups in total. The number of halogens is 1. The van der Waals surface area contributed by atoms with Crippen LogP contribution >= 0.6 is 0 Å². The molecule has 1 aliphatic carbocycles. The maximum absolute atomic E-state index is 13.7. The molecule has 0 saturated heterocycles. The molecule has 0 spiro atoms. The van der Waals surface area contributed by atoms with E-state index >= 15 is 0 Å². The van der Waals surface area contributed by atoms with Gasteiger partial charge in [0, 0.05) is 31.4 Å². The van der Waals surface area contributed by atoms with Crippen molar-refractivity contribution >= 4 is 5.69 Å². The van der Waals surface area contributed by atoms with Crippen LogP contribution in [0.25, 0.3) is 0 Å². The molecule has 0 radical (unpaired) electrons. The third-order valence-electron chi connectivity index (χ3n) is 4.00. The second-order valence-corrected chi connectivity index (χ2v) is 5.48. The van der Waals surface area contributed by atoms with Gasteiger partial charge in [0.2, 0.25) is 0 Å². The molecule has 1 aromatic rings. The van der Waals surface area contributed by atoms with E-state index in [-0.39, 0.29) is 5.82 Å². The summed E-state index contributed by atoms with van der Waals surface area (Å²) in [5, 5.41) is 0. The maximum atomic E-state index is 13.7. The molecule has 3 nitrogen and oxygen atoms in total. The molecular weight excluding hydrogens is 243 g/mol. The van der Waals surface area contributed by atoms with Crippen LogP contribution in [0.5, 0.6) is 5.75 Å². The van der Waals surface area contributed by atoms with E-state index in [0.29, 0.717) is 17.7 Å². The molecule has 0 bridgehead atoms. The Morgan fingerprint density at radius 2 is 2.00 bits per heavy atom. The highest BCUT2D eigenvalue weighted by molar-refractivity contribution is 5.49. The van der Waals surface area contributed by atoms with E-state index in [0.717, 1.165) is 25.1 Å². The molecule has 0 atom stereocenters. The van der Waals surface area contributed by atoms with Crippen molar-refractivity contribution in [3.8, 4) is 5.75 Å². The lowest BCUT2D eigenvalue weighted by atomic mass is 9.86. The van der Waals surface area contributed by atoms with Crippen molar-refractivity contribution in [2.75, 3.05) is 25.6 Å². The molecule has 1 saturated carbocycles. The summed E-state index contributed by atoms with van der Waals surface area (Å²) in [5.41, 5.74) is 6.81. The fourth-order valence-corrected chi connectivity index (χ4v) is 2.76. The van der Waals surface area contributed by atoms with Gasteiger partial charge in [0.05, 0.1) is 7.11 Å². The third kappa shape index (κ3) is 3.60. The summed E-state index contributed by atoms with van der Waals surface area (Å²) in [6, 6.07) is 5.49. The van der Waals surface area contributed by atoms with E-state index in [1.807, 2.05) is 13.1 Å². The first-order valence-corrected chi connectivity index (χ1v) is 6.90. The van der Waals surface area contributed by atoms with Crippen LogP contribution in [-0.2, 0) is 0 Å². The minimum Gasteiger partial charge on any atom is -0.494 e. The van der Waals surface area contributed by atoms with Crippen molar-refractivity contribution in [3.05, 3.63) is 24.0 Å². The second-order valence-electron chi connectivity index (χ2n) is 5.48. The lowest BCUT2D eigenvalue weighted by Crippen LogP contribution is -2.32. The minimum atomic E-state index is -0.308. The molecular formula is C15H23FN2O. The highest BCUT2D eigenvalue weighted by atomic mass is 19.1. The predicted octanol–water partition coefficient (Wildman–Crippen LogP) is 2.79. The van der Waals surface area contributed by atoms with Gasteiger partial charge in [0.25, 0.3) is 0 Å². The normalized spacial score (nSPS) is 23.2. The number of nitrogens with two attached hydrogens (primary N) is 1. The van der Waals surface area contributed by atoms with Crippen molar-refractivity contribution in [3.63, 3.8) is 0 Å².